The number of benzene rings is 1. The summed E-state index contributed by atoms with van der Waals surface area (Å²) in [4.78, 5) is 0. The Morgan fingerprint density at radius 2 is 1.84 bits per heavy atom. The molecule has 1 fully saturated rings. The lowest BCUT2D eigenvalue weighted by Crippen LogP contribution is -2.33. The molecule has 3 nitrogen and oxygen atoms in total. The van der Waals surface area contributed by atoms with E-state index in [4.69, 9.17) is 9.47 Å². The molecule has 0 unspecified atom stereocenters. The molecule has 0 aliphatic heterocycles. The van der Waals surface area contributed by atoms with E-state index in [0.29, 0.717) is 6.10 Å². The van der Waals surface area contributed by atoms with Gasteiger partial charge in [0.15, 0.2) is 0 Å². The summed E-state index contributed by atoms with van der Waals surface area (Å²) >= 11 is 0. The van der Waals surface area contributed by atoms with Crippen molar-refractivity contribution in [2.24, 2.45) is 0 Å². The van der Waals surface area contributed by atoms with Crippen molar-refractivity contribution in [3.05, 3.63) is 29.8 Å². The van der Waals surface area contributed by atoms with Gasteiger partial charge in [0, 0.05) is 7.11 Å². The second-order valence-corrected chi connectivity index (χ2v) is 5.34. The molecule has 1 aliphatic carbocycles. The van der Waals surface area contributed by atoms with Crippen LogP contribution in [0.25, 0.3) is 0 Å². The maximum atomic E-state index is 10.7. The van der Waals surface area contributed by atoms with Gasteiger partial charge in [0.2, 0.25) is 0 Å². The highest BCUT2D eigenvalue weighted by Crippen LogP contribution is 2.38. The first-order valence-electron chi connectivity index (χ1n) is 7.16. The highest BCUT2D eigenvalue weighted by atomic mass is 16.5. The third-order valence-corrected chi connectivity index (χ3v) is 3.96. The first-order chi connectivity index (χ1) is 9.18. The maximum absolute atomic E-state index is 10.7. The predicted octanol–water partition coefficient (Wildman–Crippen LogP) is 3.25. The van der Waals surface area contributed by atoms with Crippen LogP contribution in [-0.4, -0.2) is 24.9 Å². The zero-order valence-corrected chi connectivity index (χ0v) is 11.9. The van der Waals surface area contributed by atoms with Crippen LogP contribution in [-0.2, 0) is 10.3 Å². The Morgan fingerprint density at radius 3 is 2.37 bits per heavy atom. The van der Waals surface area contributed by atoms with Gasteiger partial charge in [0.1, 0.15) is 5.75 Å². The van der Waals surface area contributed by atoms with Crippen LogP contribution < -0.4 is 4.74 Å². The second kappa shape index (κ2) is 6.40. The molecule has 0 heterocycles. The summed E-state index contributed by atoms with van der Waals surface area (Å²) in [6.45, 7) is 2.82. The average molecular weight is 264 g/mol. The summed E-state index contributed by atoms with van der Waals surface area (Å²) in [7, 11) is 1.74. The van der Waals surface area contributed by atoms with Crippen molar-refractivity contribution in [3.8, 4) is 5.75 Å². The van der Waals surface area contributed by atoms with E-state index < -0.39 is 5.60 Å². The van der Waals surface area contributed by atoms with Gasteiger partial charge < -0.3 is 14.6 Å². The minimum absolute atomic E-state index is 0.299. The summed E-state index contributed by atoms with van der Waals surface area (Å²) in [6, 6.07) is 7.87. The van der Waals surface area contributed by atoms with E-state index in [2.05, 4.69) is 6.92 Å². The number of rotatable bonds is 5. The Kier molecular flexibility index (Phi) is 4.83. The molecule has 2 rings (SSSR count). The fraction of sp³-hybridized carbons (Fsp3) is 0.625. The Morgan fingerprint density at radius 1 is 1.21 bits per heavy atom. The molecule has 0 bridgehead atoms. The van der Waals surface area contributed by atoms with Gasteiger partial charge >= 0.3 is 0 Å². The van der Waals surface area contributed by atoms with Crippen LogP contribution in [0.3, 0.4) is 0 Å². The minimum Gasteiger partial charge on any atom is -0.494 e. The zero-order valence-electron chi connectivity index (χ0n) is 11.9. The lowest BCUT2D eigenvalue weighted by atomic mass is 9.78. The van der Waals surface area contributed by atoms with Crippen molar-refractivity contribution in [1.29, 1.82) is 0 Å². The van der Waals surface area contributed by atoms with E-state index >= 15 is 0 Å². The normalized spacial score (nSPS) is 27.2. The van der Waals surface area contributed by atoms with Crippen LogP contribution in [0.4, 0.5) is 0 Å². The molecule has 106 valence electrons. The first kappa shape index (κ1) is 14.4. The molecule has 0 radical (unpaired) electrons. The van der Waals surface area contributed by atoms with E-state index in [1.165, 1.54) is 0 Å². The first-order valence-corrected chi connectivity index (χ1v) is 7.16. The molecule has 19 heavy (non-hydrogen) atoms. The van der Waals surface area contributed by atoms with Gasteiger partial charge in [-0.3, -0.25) is 0 Å². The minimum atomic E-state index is -0.696. The van der Waals surface area contributed by atoms with Crippen LogP contribution in [0.2, 0.25) is 0 Å². The summed E-state index contributed by atoms with van der Waals surface area (Å²) in [6.07, 6.45) is 4.67. The standard InChI is InChI=1S/C16H24O3/c1-3-12-19-15-6-4-13(5-7-15)16(17)10-8-14(18-2)9-11-16/h4-7,14,17H,3,8-12H2,1-2H3. The summed E-state index contributed by atoms with van der Waals surface area (Å²) in [5, 5.41) is 10.7. The quantitative estimate of drug-likeness (QED) is 0.887. The van der Waals surface area contributed by atoms with Crippen LogP contribution in [0, 0.1) is 0 Å². The number of aliphatic hydroxyl groups is 1. The summed E-state index contributed by atoms with van der Waals surface area (Å²) < 4.78 is 10.9. The zero-order chi connectivity index (χ0) is 13.7. The molecule has 0 spiro atoms. The molecular weight excluding hydrogens is 240 g/mol. The number of hydrogen-bond acceptors (Lipinski definition) is 3. The van der Waals surface area contributed by atoms with Gasteiger partial charge in [-0.05, 0) is 49.8 Å². The van der Waals surface area contributed by atoms with Crippen molar-refractivity contribution < 1.29 is 14.6 Å². The van der Waals surface area contributed by atoms with Gasteiger partial charge in [-0.1, -0.05) is 19.1 Å². The molecule has 1 aromatic rings. The fourth-order valence-electron chi connectivity index (χ4n) is 2.67. The Balaban J connectivity index is 2.01. The van der Waals surface area contributed by atoms with Gasteiger partial charge in [-0.15, -0.1) is 0 Å². The van der Waals surface area contributed by atoms with Crippen LogP contribution in [0.15, 0.2) is 24.3 Å². The molecule has 0 aromatic heterocycles. The Hall–Kier alpha value is -1.06. The molecule has 1 saturated carbocycles. The van der Waals surface area contributed by atoms with Gasteiger partial charge in [0.25, 0.3) is 0 Å². The Labute approximate surface area is 115 Å². The smallest absolute Gasteiger partial charge is 0.119 e. The molecule has 0 amide bonds. The van der Waals surface area contributed by atoms with E-state index in [-0.39, 0.29) is 0 Å². The SMILES string of the molecule is CCCOc1ccc(C2(O)CCC(OC)CC2)cc1. The van der Waals surface area contributed by atoms with E-state index in [0.717, 1.165) is 50.0 Å². The lowest BCUT2D eigenvalue weighted by Gasteiger charge is -2.36. The van der Waals surface area contributed by atoms with E-state index in [1.54, 1.807) is 7.11 Å². The van der Waals surface area contributed by atoms with Crippen molar-refractivity contribution in [1.82, 2.24) is 0 Å². The third kappa shape index (κ3) is 3.48. The van der Waals surface area contributed by atoms with Gasteiger partial charge in [-0.25, -0.2) is 0 Å². The highest BCUT2D eigenvalue weighted by molar-refractivity contribution is 5.31. The van der Waals surface area contributed by atoms with Crippen molar-refractivity contribution in [2.75, 3.05) is 13.7 Å². The van der Waals surface area contributed by atoms with Crippen LogP contribution in [0.5, 0.6) is 5.75 Å². The van der Waals surface area contributed by atoms with Gasteiger partial charge in [-0.2, -0.15) is 0 Å². The van der Waals surface area contributed by atoms with Gasteiger partial charge in [0.05, 0.1) is 18.3 Å². The number of ether oxygens (including phenoxy) is 2. The maximum Gasteiger partial charge on any atom is 0.119 e. The van der Waals surface area contributed by atoms with Crippen LogP contribution in [0.1, 0.15) is 44.6 Å². The molecule has 1 aliphatic rings. The lowest BCUT2D eigenvalue weighted by molar-refractivity contribution is -0.0474. The summed E-state index contributed by atoms with van der Waals surface area (Å²) in [5.41, 5.74) is 0.295. The van der Waals surface area contributed by atoms with Crippen molar-refractivity contribution >= 4 is 0 Å². The molecule has 1 N–H and O–H groups in total. The molecule has 1 aromatic carbocycles. The van der Waals surface area contributed by atoms with Crippen molar-refractivity contribution in [2.45, 2.75) is 50.7 Å². The predicted molar refractivity (Wildman–Crippen MR) is 75.4 cm³/mol. The molecule has 0 saturated heterocycles. The van der Waals surface area contributed by atoms with E-state index in [9.17, 15) is 5.11 Å². The molecule has 0 atom stereocenters. The topological polar surface area (TPSA) is 38.7 Å². The monoisotopic (exact) mass is 264 g/mol. The second-order valence-electron chi connectivity index (χ2n) is 5.34. The average Bonchev–Trinajstić information content (AvgIpc) is 2.46. The largest absolute Gasteiger partial charge is 0.494 e. The Bertz CT molecular complexity index is 377. The van der Waals surface area contributed by atoms with Crippen molar-refractivity contribution in [3.63, 3.8) is 0 Å². The molecular formula is C16H24O3. The molecule has 3 heteroatoms. The van der Waals surface area contributed by atoms with Crippen LogP contribution >= 0.6 is 0 Å². The number of methoxy groups -OCH3 is 1. The third-order valence-electron chi connectivity index (χ3n) is 3.96. The van der Waals surface area contributed by atoms with E-state index in [1.807, 2.05) is 24.3 Å². The highest BCUT2D eigenvalue weighted by Gasteiger charge is 2.34. The fourth-order valence-corrected chi connectivity index (χ4v) is 2.67. The number of hydrogen-bond donors (Lipinski definition) is 1. The summed E-state index contributed by atoms with van der Waals surface area (Å²) in [5.74, 6) is 0.875.